The second-order valence-corrected chi connectivity index (χ2v) is 4.87. The predicted octanol–water partition coefficient (Wildman–Crippen LogP) is 1.89. The zero-order valence-corrected chi connectivity index (χ0v) is 9.60. The predicted molar refractivity (Wildman–Crippen MR) is 64.5 cm³/mol. The van der Waals surface area contributed by atoms with E-state index in [1.54, 1.807) is 18.2 Å². The Balaban J connectivity index is 2.41. The molecule has 0 saturated carbocycles. The highest BCUT2D eigenvalue weighted by atomic mass is 35.5. The van der Waals surface area contributed by atoms with Crippen LogP contribution in [0.5, 0.6) is 0 Å². The van der Waals surface area contributed by atoms with Crippen LogP contribution in [0.1, 0.15) is 0 Å². The third-order valence-corrected chi connectivity index (χ3v) is 3.56. The van der Waals surface area contributed by atoms with Crippen LogP contribution in [-0.2, 0) is 0 Å². The molecule has 1 aromatic heterocycles. The molecule has 2 N–H and O–H groups in total. The van der Waals surface area contributed by atoms with Gasteiger partial charge in [-0.2, -0.15) is 0 Å². The number of hydrogen-bond acceptors (Lipinski definition) is 3. The Morgan fingerprint density at radius 1 is 1.19 bits per heavy atom. The van der Waals surface area contributed by atoms with E-state index in [-0.39, 0.29) is 11.3 Å². The second kappa shape index (κ2) is 4.55. The van der Waals surface area contributed by atoms with Crippen LogP contribution in [0.4, 0.5) is 4.39 Å². The van der Waals surface area contributed by atoms with E-state index in [1.807, 2.05) is 0 Å². The SMILES string of the molecule is OB(O)c1cc(-c2ccc(F)cc2)sc1Cl. The van der Waals surface area contributed by atoms with Crippen molar-refractivity contribution in [2.24, 2.45) is 0 Å². The van der Waals surface area contributed by atoms with Gasteiger partial charge in [0.15, 0.2) is 0 Å². The van der Waals surface area contributed by atoms with Crippen LogP contribution in [-0.4, -0.2) is 17.2 Å². The Labute approximate surface area is 101 Å². The van der Waals surface area contributed by atoms with Crippen molar-refractivity contribution < 1.29 is 14.4 Å². The van der Waals surface area contributed by atoms with Crippen LogP contribution < -0.4 is 5.46 Å². The molecular weight excluding hydrogens is 249 g/mol. The van der Waals surface area contributed by atoms with Crippen LogP contribution >= 0.6 is 22.9 Å². The van der Waals surface area contributed by atoms with Gasteiger partial charge < -0.3 is 10.0 Å². The summed E-state index contributed by atoms with van der Waals surface area (Å²) in [5.41, 5.74) is 1.06. The number of thiophene rings is 1. The second-order valence-electron chi connectivity index (χ2n) is 3.22. The van der Waals surface area contributed by atoms with E-state index in [1.165, 1.54) is 23.5 Å². The maximum absolute atomic E-state index is 12.7. The van der Waals surface area contributed by atoms with Gasteiger partial charge in [-0.15, -0.1) is 11.3 Å². The Hall–Kier alpha value is -0.875. The molecule has 0 bridgehead atoms. The minimum absolute atomic E-state index is 0.269. The lowest BCUT2D eigenvalue weighted by Crippen LogP contribution is -2.28. The summed E-state index contributed by atoms with van der Waals surface area (Å²) in [5.74, 6) is -0.311. The van der Waals surface area contributed by atoms with Crippen molar-refractivity contribution in [3.63, 3.8) is 0 Å². The lowest BCUT2D eigenvalue weighted by molar-refractivity contribution is 0.426. The smallest absolute Gasteiger partial charge is 0.423 e. The van der Waals surface area contributed by atoms with E-state index in [4.69, 9.17) is 21.6 Å². The summed E-state index contributed by atoms with van der Waals surface area (Å²) in [6, 6.07) is 7.51. The topological polar surface area (TPSA) is 40.5 Å². The Morgan fingerprint density at radius 2 is 1.81 bits per heavy atom. The molecule has 0 unspecified atom stereocenters. The van der Waals surface area contributed by atoms with E-state index in [2.05, 4.69) is 0 Å². The van der Waals surface area contributed by atoms with Gasteiger partial charge in [-0.3, -0.25) is 0 Å². The third kappa shape index (κ3) is 2.27. The molecule has 0 atom stereocenters. The average molecular weight is 256 g/mol. The molecule has 1 heterocycles. The first-order chi connectivity index (χ1) is 7.58. The fourth-order valence-corrected chi connectivity index (χ4v) is 2.63. The summed E-state index contributed by atoms with van der Waals surface area (Å²) < 4.78 is 13.0. The molecule has 0 saturated heterocycles. The molecule has 0 aliphatic rings. The van der Waals surface area contributed by atoms with Gasteiger partial charge in [-0.25, -0.2) is 4.39 Å². The van der Waals surface area contributed by atoms with Crippen LogP contribution in [0.15, 0.2) is 30.3 Å². The first-order valence-electron chi connectivity index (χ1n) is 4.49. The van der Waals surface area contributed by atoms with Gasteiger partial charge in [0.05, 0.1) is 4.34 Å². The zero-order valence-electron chi connectivity index (χ0n) is 8.02. The molecule has 1 aromatic carbocycles. The van der Waals surface area contributed by atoms with Crippen LogP contribution in [0, 0.1) is 5.82 Å². The highest BCUT2D eigenvalue weighted by Gasteiger charge is 2.19. The Kier molecular flexibility index (Phi) is 3.30. The molecule has 2 nitrogen and oxygen atoms in total. The standard InChI is InChI=1S/C10H7BClFO2S/c12-10-8(11(14)15)5-9(16-10)6-1-3-7(13)4-2-6/h1-5,14-15H. The molecule has 2 aromatic rings. The largest absolute Gasteiger partial charge is 0.490 e. The summed E-state index contributed by atoms with van der Waals surface area (Å²) in [6.07, 6.45) is 0. The monoisotopic (exact) mass is 256 g/mol. The third-order valence-electron chi connectivity index (χ3n) is 2.12. The van der Waals surface area contributed by atoms with Gasteiger partial charge in [-0.1, -0.05) is 23.7 Å². The minimum atomic E-state index is -1.59. The summed E-state index contributed by atoms with van der Waals surface area (Å²) >= 11 is 7.07. The van der Waals surface area contributed by atoms with Crippen LogP contribution in [0.25, 0.3) is 10.4 Å². The highest BCUT2D eigenvalue weighted by molar-refractivity contribution is 7.20. The Bertz CT molecular complexity index is 498. The van der Waals surface area contributed by atoms with Gasteiger partial charge in [0.2, 0.25) is 0 Å². The quantitative estimate of drug-likeness (QED) is 0.806. The molecule has 16 heavy (non-hydrogen) atoms. The van der Waals surface area contributed by atoms with E-state index in [0.717, 1.165) is 10.4 Å². The van der Waals surface area contributed by atoms with Crippen molar-refractivity contribution in [1.29, 1.82) is 0 Å². The lowest BCUT2D eigenvalue weighted by Gasteiger charge is -1.95. The first-order valence-corrected chi connectivity index (χ1v) is 5.68. The van der Waals surface area contributed by atoms with Crippen molar-refractivity contribution in [2.45, 2.75) is 0 Å². The van der Waals surface area contributed by atoms with E-state index in [9.17, 15) is 4.39 Å². The van der Waals surface area contributed by atoms with Crippen molar-refractivity contribution in [3.8, 4) is 10.4 Å². The molecule has 0 fully saturated rings. The van der Waals surface area contributed by atoms with Gasteiger partial charge in [0.1, 0.15) is 5.82 Å². The molecule has 0 amide bonds. The number of benzene rings is 1. The summed E-state index contributed by atoms with van der Waals surface area (Å²) in [4.78, 5) is 0.771. The fourth-order valence-electron chi connectivity index (χ4n) is 1.32. The van der Waals surface area contributed by atoms with Crippen LogP contribution in [0.3, 0.4) is 0 Å². The zero-order chi connectivity index (χ0) is 11.7. The lowest BCUT2D eigenvalue weighted by atomic mass is 9.82. The highest BCUT2D eigenvalue weighted by Crippen LogP contribution is 2.29. The van der Waals surface area contributed by atoms with E-state index in [0.29, 0.717) is 4.34 Å². The first kappa shape index (κ1) is 11.6. The van der Waals surface area contributed by atoms with Gasteiger partial charge in [-0.05, 0) is 23.8 Å². The average Bonchev–Trinajstić information content (AvgIpc) is 2.61. The molecule has 6 heteroatoms. The Morgan fingerprint density at radius 3 is 2.31 bits per heavy atom. The molecule has 82 valence electrons. The van der Waals surface area contributed by atoms with Crippen molar-refractivity contribution in [1.82, 2.24) is 0 Å². The van der Waals surface area contributed by atoms with Gasteiger partial charge in [0.25, 0.3) is 0 Å². The van der Waals surface area contributed by atoms with Crippen molar-refractivity contribution in [2.75, 3.05) is 0 Å². The summed E-state index contributed by atoms with van der Waals surface area (Å²) in [6.45, 7) is 0. The summed E-state index contributed by atoms with van der Waals surface area (Å²) in [7, 11) is -1.59. The van der Waals surface area contributed by atoms with Gasteiger partial charge >= 0.3 is 7.12 Å². The number of rotatable bonds is 2. The fraction of sp³-hybridized carbons (Fsp3) is 0. The maximum Gasteiger partial charge on any atom is 0.490 e. The van der Waals surface area contributed by atoms with Crippen LogP contribution in [0.2, 0.25) is 4.34 Å². The number of hydrogen-bond donors (Lipinski definition) is 2. The molecular formula is C10H7BClFO2S. The van der Waals surface area contributed by atoms with E-state index >= 15 is 0 Å². The molecule has 0 spiro atoms. The number of halogens is 2. The minimum Gasteiger partial charge on any atom is -0.423 e. The van der Waals surface area contributed by atoms with Crippen molar-refractivity contribution in [3.05, 3.63) is 40.5 Å². The molecule has 0 radical (unpaired) electrons. The van der Waals surface area contributed by atoms with Crippen molar-refractivity contribution >= 4 is 35.5 Å². The molecule has 0 aliphatic heterocycles. The summed E-state index contributed by atoms with van der Waals surface area (Å²) in [5, 5.41) is 18.1. The molecule has 0 aliphatic carbocycles. The maximum atomic E-state index is 12.7. The van der Waals surface area contributed by atoms with E-state index < -0.39 is 7.12 Å². The normalized spacial score (nSPS) is 10.5. The molecule has 2 rings (SSSR count). The van der Waals surface area contributed by atoms with Gasteiger partial charge in [0, 0.05) is 10.3 Å².